The predicted octanol–water partition coefficient (Wildman–Crippen LogP) is 3.39. The van der Waals surface area contributed by atoms with Gasteiger partial charge in [-0.2, -0.15) is 5.26 Å². The summed E-state index contributed by atoms with van der Waals surface area (Å²) >= 11 is 2.92. The molecule has 0 atom stereocenters. The second-order valence-corrected chi connectivity index (χ2v) is 5.68. The smallest absolute Gasteiger partial charge is 0.170 e. The molecule has 0 saturated carbocycles. The largest absolute Gasteiger partial charge is 0.396 e. The van der Waals surface area contributed by atoms with Crippen molar-refractivity contribution in [2.45, 2.75) is 0 Å². The van der Waals surface area contributed by atoms with Crippen molar-refractivity contribution < 1.29 is 0 Å². The van der Waals surface area contributed by atoms with Crippen molar-refractivity contribution in [1.82, 2.24) is 9.97 Å². The van der Waals surface area contributed by atoms with Crippen LogP contribution >= 0.6 is 22.7 Å². The topological polar surface area (TPSA) is 75.6 Å². The molecule has 6 heteroatoms. The molecule has 0 aliphatic carbocycles. The van der Waals surface area contributed by atoms with Gasteiger partial charge in [-0.15, -0.1) is 22.7 Å². The van der Waals surface area contributed by atoms with Crippen LogP contribution in [0.1, 0.15) is 4.88 Å². The summed E-state index contributed by atoms with van der Waals surface area (Å²) in [6, 6.07) is 7.83. The number of rotatable bonds is 2. The molecule has 0 aliphatic rings. The lowest BCUT2D eigenvalue weighted by molar-refractivity contribution is 1.19. The van der Waals surface area contributed by atoms with Crippen LogP contribution in [0.3, 0.4) is 0 Å². The first kappa shape index (κ1) is 11.8. The molecule has 0 bridgehead atoms. The van der Waals surface area contributed by atoms with Crippen molar-refractivity contribution in [2.75, 3.05) is 5.73 Å². The first-order valence-electron chi connectivity index (χ1n) is 5.45. The van der Waals surface area contributed by atoms with Crippen LogP contribution in [0.5, 0.6) is 0 Å². The third-order valence-electron chi connectivity index (χ3n) is 2.58. The van der Waals surface area contributed by atoms with Gasteiger partial charge in [-0.3, -0.25) is 0 Å². The maximum atomic E-state index is 9.14. The molecule has 0 aliphatic heterocycles. The maximum absolute atomic E-state index is 9.14. The Labute approximate surface area is 117 Å². The lowest BCUT2D eigenvalue weighted by Gasteiger charge is -2.01. The second-order valence-electron chi connectivity index (χ2n) is 3.71. The fourth-order valence-corrected chi connectivity index (χ4v) is 3.60. The van der Waals surface area contributed by atoms with Crippen LogP contribution < -0.4 is 5.73 Å². The van der Waals surface area contributed by atoms with E-state index in [4.69, 9.17) is 11.0 Å². The van der Waals surface area contributed by atoms with Gasteiger partial charge in [0, 0.05) is 22.8 Å². The van der Waals surface area contributed by atoms with Gasteiger partial charge in [0.15, 0.2) is 5.82 Å². The van der Waals surface area contributed by atoms with Crippen LogP contribution in [0, 0.1) is 11.3 Å². The van der Waals surface area contributed by atoms with E-state index in [1.54, 1.807) is 29.8 Å². The maximum Gasteiger partial charge on any atom is 0.170 e. The van der Waals surface area contributed by atoms with Crippen LogP contribution in [0.4, 0.5) is 5.69 Å². The summed E-state index contributed by atoms with van der Waals surface area (Å²) in [4.78, 5) is 10.9. The fraction of sp³-hybridized carbons (Fsp3) is 0. The van der Waals surface area contributed by atoms with Gasteiger partial charge < -0.3 is 5.73 Å². The Morgan fingerprint density at radius 1 is 1.21 bits per heavy atom. The average molecular weight is 284 g/mol. The van der Waals surface area contributed by atoms with Gasteiger partial charge in [0.25, 0.3) is 0 Å². The van der Waals surface area contributed by atoms with E-state index < -0.39 is 0 Å². The Balaban J connectivity index is 2.28. The van der Waals surface area contributed by atoms with E-state index in [1.807, 2.05) is 17.5 Å². The summed E-state index contributed by atoms with van der Waals surface area (Å²) in [6.45, 7) is 0. The molecule has 0 aromatic carbocycles. The highest BCUT2D eigenvalue weighted by Crippen LogP contribution is 2.44. The first-order chi connectivity index (χ1) is 9.31. The van der Waals surface area contributed by atoms with Crippen molar-refractivity contribution in [3.05, 3.63) is 40.8 Å². The molecule has 3 rings (SSSR count). The van der Waals surface area contributed by atoms with Crippen LogP contribution in [0.2, 0.25) is 0 Å². The van der Waals surface area contributed by atoms with Crippen LogP contribution in [-0.2, 0) is 0 Å². The quantitative estimate of drug-likeness (QED) is 0.782. The van der Waals surface area contributed by atoms with Crippen molar-refractivity contribution in [2.24, 2.45) is 0 Å². The molecule has 2 N–H and O–H groups in total. The standard InChI is InChI=1S/C13H8N4S2/c14-7-9-11(15)10(8-3-1-6-18-8)12(19-9)13-16-4-2-5-17-13/h1-6H,15H2. The van der Waals surface area contributed by atoms with E-state index in [2.05, 4.69) is 16.0 Å². The van der Waals surface area contributed by atoms with Crippen molar-refractivity contribution in [1.29, 1.82) is 5.26 Å². The summed E-state index contributed by atoms with van der Waals surface area (Å²) in [5, 5.41) is 11.1. The Kier molecular flexibility index (Phi) is 2.99. The average Bonchev–Trinajstić information content (AvgIpc) is 3.07. The first-order valence-corrected chi connectivity index (χ1v) is 7.14. The minimum atomic E-state index is 0.505. The second kappa shape index (κ2) is 4.80. The van der Waals surface area contributed by atoms with E-state index in [1.165, 1.54) is 11.3 Å². The number of aromatic nitrogens is 2. The molecule has 0 amide bonds. The molecule has 3 heterocycles. The minimum Gasteiger partial charge on any atom is -0.396 e. The summed E-state index contributed by atoms with van der Waals surface area (Å²) in [5.41, 5.74) is 7.46. The Hall–Kier alpha value is -2.23. The summed E-state index contributed by atoms with van der Waals surface area (Å²) in [7, 11) is 0. The normalized spacial score (nSPS) is 10.3. The molecule has 0 fully saturated rings. The van der Waals surface area contributed by atoms with Crippen molar-refractivity contribution >= 4 is 28.4 Å². The number of anilines is 1. The van der Waals surface area contributed by atoms with Gasteiger partial charge in [-0.1, -0.05) is 6.07 Å². The van der Waals surface area contributed by atoms with Gasteiger partial charge in [0.2, 0.25) is 0 Å². The third kappa shape index (κ3) is 1.99. The lowest BCUT2D eigenvalue weighted by atomic mass is 10.1. The van der Waals surface area contributed by atoms with E-state index >= 15 is 0 Å². The van der Waals surface area contributed by atoms with Gasteiger partial charge in [0.05, 0.1) is 10.6 Å². The van der Waals surface area contributed by atoms with Gasteiger partial charge in [-0.25, -0.2) is 9.97 Å². The Morgan fingerprint density at radius 3 is 2.63 bits per heavy atom. The van der Waals surface area contributed by atoms with E-state index in [0.717, 1.165) is 15.3 Å². The highest BCUT2D eigenvalue weighted by molar-refractivity contribution is 7.18. The Bertz CT molecular complexity index is 739. The predicted molar refractivity (Wildman–Crippen MR) is 77.8 cm³/mol. The number of hydrogen-bond acceptors (Lipinski definition) is 6. The summed E-state index contributed by atoms with van der Waals surface area (Å²) < 4.78 is 0. The molecule has 0 saturated heterocycles. The lowest BCUT2D eigenvalue weighted by Crippen LogP contribution is -1.89. The Morgan fingerprint density at radius 2 is 2.00 bits per heavy atom. The number of nitriles is 1. The van der Waals surface area contributed by atoms with Crippen molar-refractivity contribution in [3.63, 3.8) is 0 Å². The number of nitrogens with two attached hydrogens (primary N) is 1. The number of nitrogen functional groups attached to an aromatic ring is 1. The van der Waals surface area contributed by atoms with Crippen LogP contribution in [0.25, 0.3) is 21.1 Å². The molecular formula is C13H8N4S2. The summed E-state index contributed by atoms with van der Waals surface area (Å²) in [5.74, 6) is 0.601. The van der Waals surface area contributed by atoms with E-state index in [9.17, 15) is 0 Å². The van der Waals surface area contributed by atoms with E-state index in [0.29, 0.717) is 16.4 Å². The molecular weight excluding hydrogens is 276 g/mol. The third-order valence-corrected chi connectivity index (χ3v) is 4.58. The fourth-order valence-electron chi connectivity index (χ4n) is 1.77. The van der Waals surface area contributed by atoms with Crippen LogP contribution in [0.15, 0.2) is 36.0 Å². The minimum absolute atomic E-state index is 0.505. The molecule has 0 unspecified atom stereocenters. The number of thiophene rings is 2. The summed E-state index contributed by atoms with van der Waals surface area (Å²) in [6.07, 6.45) is 3.37. The molecule has 19 heavy (non-hydrogen) atoms. The number of hydrogen-bond donors (Lipinski definition) is 1. The zero-order chi connectivity index (χ0) is 13.2. The van der Waals surface area contributed by atoms with E-state index in [-0.39, 0.29) is 0 Å². The van der Waals surface area contributed by atoms with Gasteiger partial charge in [0.1, 0.15) is 10.9 Å². The van der Waals surface area contributed by atoms with Gasteiger partial charge in [-0.05, 0) is 17.5 Å². The molecule has 4 nitrogen and oxygen atoms in total. The van der Waals surface area contributed by atoms with Gasteiger partial charge >= 0.3 is 0 Å². The molecule has 3 aromatic heterocycles. The SMILES string of the molecule is N#Cc1sc(-c2ncccn2)c(-c2cccs2)c1N. The number of nitrogens with zero attached hydrogens (tertiary/aromatic N) is 3. The molecule has 0 radical (unpaired) electrons. The van der Waals surface area contributed by atoms with Crippen molar-refractivity contribution in [3.8, 4) is 27.2 Å². The highest BCUT2D eigenvalue weighted by atomic mass is 32.1. The van der Waals surface area contributed by atoms with Crippen LogP contribution in [-0.4, -0.2) is 9.97 Å². The zero-order valence-electron chi connectivity index (χ0n) is 9.70. The molecule has 3 aromatic rings. The molecule has 92 valence electrons. The zero-order valence-corrected chi connectivity index (χ0v) is 11.3. The highest BCUT2D eigenvalue weighted by Gasteiger charge is 2.20. The monoisotopic (exact) mass is 284 g/mol. The molecule has 0 spiro atoms.